The SMILES string of the molecule is O=C(O)C1CCCN(c2ncnc3cccc(-c4cccc(CN5CCNCC5)c4)c23)C1. The van der Waals surface area contributed by atoms with Gasteiger partial charge in [0.15, 0.2) is 0 Å². The third kappa shape index (κ3) is 4.31. The quantitative estimate of drug-likeness (QED) is 0.643. The molecule has 7 heteroatoms. The van der Waals surface area contributed by atoms with Crippen molar-refractivity contribution in [3.8, 4) is 11.1 Å². The van der Waals surface area contributed by atoms with Gasteiger partial charge in [-0.3, -0.25) is 9.69 Å². The van der Waals surface area contributed by atoms with Gasteiger partial charge in [-0.25, -0.2) is 9.97 Å². The first kappa shape index (κ1) is 20.8. The number of hydrogen-bond donors (Lipinski definition) is 2. The van der Waals surface area contributed by atoms with Crippen LogP contribution in [0, 0.1) is 5.92 Å². The predicted molar refractivity (Wildman–Crippen MR) is 126 cm³/mol. The molecule has 2 aromatic carbocycles. The summed E-state index contributed by atoms with van der Waals surface area (Å²) < 4.78 is 0. The summed E-state index contributed by atoms with van der Waals surface area (Å²) in [5.74, 6) is -0.249. The van der Waals surface area contributed by atoms with Crippen LogP contribution in [0.2, 0.25) is 0 Å². The van der Waals surface area contributed by atoms with Crippen LogP contribution in [0.3, 0.4) is 0 Å². The second kappa shape index (κ2) is 9.22. The van der Waals surface area contributed by atoms with Crippen LogP contribution in [0.4, 0.5) is 5.82 Å². The molecule has 0 spiro atoms. The summed E-state index contributed by atoms with van der Waals surface area (Å²) in [4.78, 5) is 25.4. The van der Waals surface area contributed by atoms with Crippen LogP contribution >= 0.6 is 0 Å². The molecule has 1 aromatic heterocycles. The number of rotatable bonds is 5. The molecule has 2 N–H and O–H groups in total. The molecule has 3 heterocycles. The van der Waals surface area contributed by atoms with Crippen LogP contribution in [-0.2, 0) is 11.3 Å². The van der Waals surface area contributed by atoms with Crippen LogP contribution < -0.4 is 10.2 Å². The second-order valence-corrected chi connectivity index (χ2v) is 8.75. The standard InChI is InChI=1S/C25H29N5O2/c31-25(32)20-6-3-11-30(16-20)24-23-21(7-2-8-22(23)27-17-28-24)19-5-1-4-18(14-19)15-29-12-9-26-10-13-29/h1-2,4-5,7-8,14,17,20,26H,3,6,9-13,15-16H2,(H,31,32). The second-order valence-electron chi connectivity index (χ2n) is 8.75. The fourth-order valence-electron chi connectivity index (χ4n) is 4.91. The highest BCUT2D eigenvalue weighted by atomic mass is 16.4. The van der Waals surface area contributed by atoms with E-state index in [0.717, 1.165) is 80.0 Å². The number of fused-ring (bicyclic) bond motifs is 1. The lowest BCUT2D eigenvalue weighted by molar-refractivity contribution is -0.141. The van der Waals surface area contributed by atoms with E-state index in [1.807, 2.05) is 12.1 Å². The van der Waals surface area contributed by atoms with E-state index >= 15 is 0 Å². The maximum absolute atomic E-state index is 11.6. The van der Waals surface area contributed by atoms with Crippen molar-refractivity contribution in [2.45, 2.75) is 19.4 Å². The monoisotopic (exact) mass is 431 g/mol. The number of nitrogens with one attached hydrogen (secondary N) is 1. The number of nitrogens with zero attached hydrogens (tertiary/aromatic N) is 4. The van der Waals surface area contributed by atoms with Crippen molar-refractivity contribution in [2.75, 3.05) is 44.2 Å². The molecule has 0 saturated carbocycles. The number of carboxylic acids is 1. The minimum atomic E-state index is -0.728. The van der Waals surface area contributed by atoms with Crippen molar-refractivity contribution in [3.63, 3.8) is 0 Å². The molecule has 2 saturated heterocycles. The third-order valence-electron chi connectivity index (χ3n) is 6.57. The maximum atomic E-state index is 11.6. The molecule has 2 aliphatic rings. The Labute approximate surface area is 188 Å². The van der Waals surface area contributed by atoms with Crippen molar-refractivity contribution in [1.82, 2.24) is 20.2 Å². The number of piperazine rings is 1. The van der Waals surface area contributed by atoms with Gasteiger partial charge in [0.2, 0.25) is 0 Å². The van der Waals surface area contributed by atoms with E-state index < -0.39 is 5.97 Å². The zero-order valence-corrected chi connectivity index (χ0v) is 18.2. The van der Waals surface area contributed by atoms with E-state index in [2.05, 4.69) is 55.4 Å². The van der Waals surface area contributed by atoms with Crippen LogP contribution in [-0.4, -0.2) is 65.2 Å². The van der Waals surface area contributed by atoms with E-state index in [4.69, 9.17) is 0 Å². The molecule has 1 atom stereocenters. The van der Waals surface area contributed by atoms with Crippen molar-refractivity contribution >= 4 is 22.7 Å². The van der Waals surface area contributed by atoms with Gasteiger partial charge in [0, 0.05) is 45.8 Å². The zero-order valence-electron chi connectivity index (χ0n) is 18.2. The number of benzene rings is 2. The molecule has 7 nitrogen and oxygen atoms in total. The van der Waals surface area contributed by atoms with Gasteiger partial charge in [-0.15, -0.1) is 0 Å². The number of aliphatic carboxylic acids is 1. The lowest BCUT2D eigenvalue weighted by Crippen LogP contribution is -2.42. The van der Waals surface area contributed by atoms with Gasteiger partial charge in [0.1, 0.15) is 12.1 Å². The van der Waals surface area contributed by atoms with Crippen molar-refractivity contribution in [2.24, 2.45) is 5.92 Å². The first-order valence-corrected chi connectivity index (χ1v) is 11.4. The average molecular weight is 432 g/mol. The van der Waals surface area contributed by atoms with E-state index in [1.54, 1.807) is 6.33 Å². The summed E-state index contributed by atoms with van der Waals surface area (Å²) >= 11 is 0. The number of piperidine rings is 1. The molecule has 0 amide bonds. The highest BCUT2D eigenvalue weighted by Gasteiger charge is 2.27. The minimum Gasteiger partial charge on any atom is -0.481 e. The first-order valence-electron chi connectivity index (χ1n) is 11.4. The van der Waals surface area contributed by atoms with Gasteiger partial charge < -0.3 is 15.3 Å². The number of aromatic nitrogens is 2. The molecule has 3 aromatic rings. The van der Waals surface area contributed by atoms with Gasteiger partial charge in [0.25, 0.3) is 0 Å². The summed E-state index contributed by atoms with van der Waals surface area (Å²) in [6, 6.07) is 14.9. The smallest absolute Gasteiger partial charge is 0.308 e. The Morgan fingerprint density at radius 2 is 1.94 bits per heavy atom. The van der Waals surface area contributed by atoms with Gasteiger partial charge in [0.05, 0.1) is 16.8 Å². The number of anilines is 1. The molecule has 0 bridgehead atoms. The number of carbonyl (C=O) groups is 1. The van der Waals surface area contributed by atoms with Crippen LogP contribution in [0.1, 0.15) is 18.4 Å². The fraction of sp³-hybridized carbons (Fsp3) is 0.400. The molecule has 166 valence electrons. The highest BCUT2D eigenvalue weighted by Crippen LogP contribution is 2.35. The van der Waals surface area contributed by atoms with Gasteiger partial charge in [-0.2, -0.15) is 0 Å². The van der Waals surface area contributed by atoms with Gasteiger partial charge in [-0.05, 0) is 41.7 Å². The Kier molecular flexibility index (Phi) is 6.01. The summed E-state index contributed by atoms with van der Waals surface area (Å²) in [5.41, 5.74) is 4.42. The molecular formula is C25H29N5O2. The van der Waals surface area contributed by atoms with E-state index in [1.165, 1.54) is 5.56 Å². The van der Waals surface area contributed by atoms with Crippen LogP contribution in [0.5, 0.6) is 0 Å². The van der Waals surface area contributed by atoms with Gasteiger partial charge >= 0.3 is 5.97 Å². The van der Waals surface area contributed by atoms with E-state index in [9.17, 15) is 9.90 Å². The average Bonchev–Trinajstić information content (AvgIpc) is 2.84. The summed E-state index contributed by atoms with van der Waals surface area (Å²) in [7, 11) is 0. The molecule has 2 aliphatic heterocycles. The summed E-state index contributed by atoms with van der Waals surface area (Å²) in [6.07, 6.45) is 3.16. The van der Waals surface area contributed by atoms with Crippen molar-refractivity contribution < 1.29 is 9.90 Å². The Bertz CT molecular complexity index is 1110. The van der Waals surface area contributed by atoms with Crippen molar-refractivity contribution in [3.05, 3.63) is 54.4 Å². The lowest BCUT2D eigenvalue weighted by atomic mass is 9.96. The van der Waals surface area contributed by atoms with E-state index in [-0.39, 0.29) is 5.92 Å². The molecule has 1 unspecified atom stereocenters. The molecule has 5 rings (SSSR count). The Morgan fingerprint density at radius 3 is 2.78 bits per heavy atom. The normalized spacial score (nSPS) is 19.9. The lowest BCUT2D eigenvalue weighted by Gasteiger charge is -2.32. The number of carboxylic acid groups (broad SMARTS) is 1. The Balaban J connectivity index is 1.52. The third-order valence-corrected chi connectivity index (χ3v) is 6.57. The molecule has 0 aliphatic carbocycles. The summed E-state index contributed by atoms with van der Waals surface area (Å²) in [5, 5.41) is 14.0. The Morgan fingerprint density at radius 1 is 1.09 bits per heavy atom. The van der Waals surface area contributed by atoms with E-state index in [0.29, 0.717) is 6.54 Å². The van der Waals surface area contributed by atoms with Gasteiger partial charge in [-0.1, -0.05) is 30.3 Å². The fourth-order valence-corrected chi connectivity index (χ4v) is 4.91. The Hall–Kier alpha value is -3.03. The first-order chi connectivity index (χ1) is 15.7. The summed E-state index contributed by atoms with van der Waals surface area (Å²) in [6.45, 7) is 6.45. The topological polar surface area (TPSA) is 81.6 Å². The molecule has 2 fully saturated rings. The molecule has 32 heavy (non-hydrogen) atoms. The maximum Gasteiger partial charge on any atom is 0.308 e. The predicted octanol–water partition coefficient (Wildman–Crippen LogP) is 3.00. The number of hydrogen-bond acceptors (Lipinski definition) is 6. The highest BCUT2D eigenvalue weighted by molar-refractivity contribution is 6.02. The zero-order chi connectivity index (χ0) is 21.9. The molecular weight excluding hydrogens is 402 g/mol. The van der Waals surface area contributed by atoms with Crippen molar-refractivity contribution in [1.29, 1.82) is 0 Å². The molecule has 0 radical (unpaired) electrons. The van der Waals surface area contributed by atoms with Crippen LogP contribution in [0.15, 0.2) is 48.8 Å². The van der Waals surface area contributed by atoms with Crippen LogP contribution in [0.25, 0.3) is 22.0 Å². The largest absolute Gasteiger partial charge is 0.481 e. The minimum absolute atomic E-state index is 0.358.